The highest BCUT2D eigenvalue weighted by molar-refractivity contribution is 5.98. The van der Waals surface area contributed by atoms with Crippen LogP contribution in [0.15, 0.2) is 12.3 Å². The zero-order valence-corrected chi connectivity index (χ0v) is 11.4. The van der Waals surface area contributed by atoms with Crippen LogP contribution in [0.25, 0.3) is 0 Å². The molecular formula is C12H13F3N2O4. The number of pyridine rings is 1. The Labute approximate surface area is 117 Å². The van der Waals surface area contributed by atoms with Gasteiger partial charge in [0.05, 0.1) is 5.56 Å². The summed E-state index contributed by atoms with van der Waals surface area (Å²) in [4.78, 5) is 26.0. The Morgan fingerprint density at radius 3 is 2.29 bits per heavy atom. The minimum Gasteiger partial charge on any atom is -0.478 e. The Hall–Kier alpha value is -2.32. The van der Waals surface area contributed by atoms with Crippen molar-refractivity contribution in [3.05, 3.63) is 23.4 Å². The van der Waals surface area contributed by atoms with E-state index in [1.807, 2.05) is 5.32 Å². The van der Waals surface area contributed by atoms with E-state index < -0.39 is 40.8 Å². The van der Waals surface area contributed by atoms with Gasteiger partial charge >= 0.3 is 18.2 Å². The fourth-order valence-corrected chi connectivity index (χ4v) is 1.41. The highest BCUT2D eigenvalue weighted by Crippen LogP contribution is 2.34. The number of carboxylic acids is 1. The summed E-state index contributed by atoms with van der Waals surface area (Å²) >= 11 is 0. The molecule has 0 radical (unpaired) electrons. The van der Waals surface area contributed by atoms with Crippen LogP contribution in [0.3, 0.4) is 0 Å². The second kappa shape index (κ2) is 5.58. The Morgan fingerprint density at radius 2 is 1.86 bits per heavy atom. The number of aromatic nitrogens is 1. The van der Waals surface area contributed by atoms with Crippen LogP contribution < -0.4 is 5.32 Å². The number of halogens is 3. The van der Waals surface area contributed by atoms with Crippen molar-refractivity contribution in [2.45, 2.75) is 32.5 Å². The molecule has 9 heteroatoms. The van der Waals surface area contributed by atoms with Crippen LogP contribution in [0.2, 0.25) is 0 Å². The van der Waals surface area contributed by atoms with Crippen LogP contribution in [0, 0.1) is 0 Å². The van der Waals surface area contributed by atoms with Gasteiger partial charge in [-0.05, 0) is 26.8 Å². The van der Waals surface area contributed by atoms with E-state index in [1.54, 1.807) is 20.8 Å². The van der Waals surface area contributed by atoms with Gasteiger partial charge in [0, 0.05) is 6.20 Å². The predicted octanol–water partition coefficient (Wildman–Crippen LogP) is 3.15. The zero-order valence-electron chi connectivity index (χ0n) is 11.4. The van der Waals surface area contributed by atoms with Gasteiger partial charge in [-0.3, -0.25) is 5.32 Å². The van der Waals surface area contributed by atoms with Gasteiger partial charge < -0.3 is 9.84 Å². The maximum absolute atomic E-state index is 12.8. The monoisotopic (exact) mass is 306 g/mol. The average Bonchev–Trinajstić information content (AvgIpc) is 2.24. The van der Waals surface area contributed by atoms with Gasteiger partial charge in [0.2, 0.25) is 0 Å². The first-order valence-corrected chi connectivity index (χ1v) is 5.71. The lowest BCUT2D eigenvalue weighted by Crippen LogP contribution is -2.28. The molecule has 0 aliphatic heterocycles. The van der Waals surface area contributed by atoms with Gasteiger partial charge in [-0.25, -0.2) is 14.6 Å². The van der Waals surface area contributed by atoms with Crippen molar-refractivity contribution in [1.29, 1.82) is 0 Å². The summed E-state index contributed by atoms with van der Waals surface area (Å²) < 4.78 is 43.1. The van der Waals surface area contributed by atoms with Gasteiger partial charge in [-0.1, -0.05) is 0 Å². The third-order valence-corrected chi connectivity index (χ3v) is 2.09. The number of alkyl halides is 3. The predicted molar refractivity (Wildman–Crippen MR) is 66.1 cm³/mol. The molecule has 0 unspecified atom stereocenters. The van der Waals surface area contributed by atoms with E-state index in [-0.39, 0.29) is 0 Å². The second-order valence-corrected chi connectivity index (χ2v) is 5.01. The van der Waals surface area contributed by atoms with Crippen molar-refractivity contribution < 1.29 is 32.6 Å². The molecule has 0 saturated heterocycles. The van der Waals surface area contributed by atoms with Crippen molar-refractivity contribution in [1.82, 2.24) is 4.98 Å². The van der Waals surface area contributed by atoms with Crippen molar-refractivity contribution >= 4 is 17.9 Å². The summed E-state index contributed by atoms with van der Waals surface area (Å²) in [6.07, 6.45) is -5.24. The third kappa shape index (κ3) is 4.62. The maximum atomic E-state index is 12.8. The molecule has 1 heterocycles. The topological polar surface area (TPSA) is 88.5 Å². The Bertz CT molecular complexity index is 565. The van der Waals surface area contributed by atoms with Crippen LogP contribution in [-0.2, 0) is 10.9 Å². The van der Waals surface area contributed by atoms with E-state index in [4.69, 9.17) is 9.84 Å². The lowest BCUT2D eigenvalue weighted by molar-refractivity contribution is -0.138. The molecule has 1 aromatic heterocycles. The minimum atomic E-state index is -4.89. The van der Waals surface area contributed by atoms with Crippen molar-refractivity contribution in [2.75, 3.05) is 5.32 Å². The molecule has 21 heavy (non-hydrogen) atoms. The molecule has 0 spiro atoms. The van der Waals surface area contributed by atoms with Crippen molar-refractivity contribution in [3.8, 4) is 0 Å². The molecule has 0 aliphatic rings. The molecule has 0 saturated carbocycles. The highest BCUT2D eigenvalue weighted by Gasteiger charge is 2.37. The molecule has 1 amide bonds. The lowest BCUT2D eigenvalue weighted by atomic mass is 10.1. The van der Waals surface area contributed by atoms with Gasteiger partial charge in [-0.15, -0.1) is 0 Å². The van der Waals surface area contributed by atoms with Crippen molar-refractivity contribution in [2.24, 2.45) is 0 Å². The van der Waals surface area contributed by atoms with E-state index in [2.05, 4.69) is 4.98 Å². The normalized spacial score (nSPS) is 11.9. The summed E-state index contributed by atoms with van der Waals surface area (Å²) in [5, 5.41) is 10.8. The van der Waals surface area contributed by atoms with E-state index >= 15 is 0 Å². The number of nitrogens with zero attached hydrogens (tertiary/aromatic N) is 1. The van der Waals surface area contributed by atoms with Crippen LogP contribution in [0.4, 0.5) is 23.8 Å². The van der Waals surface area contributed by atoms with Crippen LogP contribution in [0.5, 0.6) is 0 Å². The van der Waals surface area contributed by atoms with Crippen molar-refractivity contribution in [3.63, 3.8) is 0 Å². The first-order chi connectivity index (χ1) is 9.42. The number of rotatable bonds is 2. The molecule has 0 atom stereocenters. The molecule has 116 valence electrons. The largest absolute Gasteiger partial charge is 0.478 e. The number of carbonyl (C=O) groups is 2. The first kappa shape index (κ1) is 16.7. The summed E-state index contributed by atoms with van der Waals surface area (Å²) in [6, 6.07) is 0.518. The number of ether oxygens (including phenoxy) is 1. The van der Waals surface area contributed by atoms with E-state index in [0.717, 1.165) is 6.20 Å². The SMILES string of the molecule is CC(C)(C)OC(=O)Nc1nccc(C(F)(F)F)c1C(=O)O. The zero-order chi connectivity index (χ0) is 16.4. The molecule has 6 nitrogen and oxygen atoms in total. The molecular weight excluding hydrogens is 293 g/mol. The number of amides is 1. The van der Waals surface area contributed by atoms with Crippen LogP contribution in [0.1, 0.15) is 36.7 Å². The lowest BCUT2D eigenvalue weighted by Gasteiger charge is -2.20. The van der Waals surface area contributed by atoms with Gasteiger partial charge in [0.1, 0.15) is 11.2 Å². The number of carbonyl (C=O) groups excluding carboxylic acids is 1. The minimum absolute atomic E-state index is 0.518. The fourth-order valence-electron chi connectivity index (χ4n) is 1.41. The summed E-state index contributed by atoms with van der Waals surface area (Å²) in [5.74, 6) is -2.59. The smallest absolute Gasteiger partial charge is 0.417 e. The molecule has 0 fully saturated rings. The number of hydrogen-bond donors (Lipinski definition) is 2. The maximum Gasteiger partial charge on any atom is 0.417 e. The Balaban J connectivity index is 3.20. The third-order valence-electron chi connectivity index (χ3n) is 2.09. The summed E-state index contributed by atoms with van der Waals surface area (Å²) in [6.45, 7) is 4.64. The molecule has 2 N–H and O–H groups in total. The molecule has 1 rings (SSSR count). The van der Waals surface area contributed by atoms with E-state index in [1.165, 1.54) is 0 Å². The van der Waals surface area contributed by atoms with Crippen LogP contribution in [-0.4, -0.2) is 27.8 Å². The first-order valence-electron chi connectivity index (χ1n) is 5.71. The Morgan fingerprint density at radius 1 is 1.29 bits per heavy atom. The second-order valence-electron chi connectivity index (χ2n) is 5.01. The summed E-state index contributed by atoms with van der Waals surface area (Å²) in [7, 11) is 0. The van der Waals surface area contributed by atoms with E-state index in [9.17, 15) is 22.8 Å². The quantitative estimate of drug-likeness (QED) is 0.876. The average molecular weight is 306 g/mol. The fraction of sp³-hybridized carbons (Fsp3) is 0.417. The number of carboxylic acid groups (broad SMARTS) is 1. The molecule has 0 bridgehead atoms. The van der Waals surface area contributed by atoms with Gasteiger partial charge in [0.15, 0.2) is 5.82 Å². The number of hydrogen-bond acceptors (Lipinski definition) is 4. The number of anilines is 1. The summed E-state index contributed by atoms with van der Waals surface area (Å²) in [5.41, 5.74) is -3.44. The number of nitrogens with one attached hydrogen (secondary N) is 1. The molecule has 0 aromatic carbocycles. The molecule has 1 aromatic rings. The standard InChI is InChI=1S/C12H13F3N2O4/c1-11(2,3)21-10(20)17-8-7(9(18)19)6(4-5-16-8)12(13,14)15/h4-5H,1-3H3,(H,18,19)(H,16,17,20). The van der Waals surface area contributed by atoms with Crippen LogP contribution >= 0.6 is 0 Å². The number of aromatic carboxylic acids is 1. The molecule has 0 aliphatic carbocycles. The highest BCUT2D eigenvalue weighted by atomic mass is 19.4. The van der Waals surface area contributed by atoms with E-state index in [0.29, 0.717) is 6.07 Å². The van der Waals surface area contributed by atoms with Gasteiger partial charge in [0.25, 0.3) is 0 Å². The Kier molecular flexibility index (Phi) is 4.45. The van der Waals surface area contributed by atoms with Gasteiger partial charge in [-0.2, -0.15) is 13.2 Å².